The van der Waals surface area contributed by atoms with E-state index >= 15 is 0 Å². The van der Waals surface area contributed by atoms with Crippen LogP contribution in [-0.2, 0) is 0 Å². The lowest BCUT2D eigenvalue weighted by Gasteiger charge is -2.28. The molecule has 0 spiro atoms. The minimum absolute atomic E-state index is 0.0459. The summed E-state index contributed by atoms with van der Waals surface area (Å²) < 4.78 is 5.19. The summed E-state index contributed by atoms with van der Waals surface area (Å²) in [5, 5.41) is 6.07. The fourth-order valence-electron chi connectivity index (χ4n) is 2.74. The average Bonchev–Trinajstić information content (AvgIpc) is 3.05. The summed E-state index contributed by atoms with van der Waals surface area (Å²) in [5.41, 5.74) is 0.884. The van der Waals surface area contributed by atoms with Gasteiger partial charge < -0.3 is 9.42 Å². The van der Waals surface area contributed by atoms with Crippen LogP contribution in [0.2, 0.25) is 0 Å². The predicted octanol–water partition coefficient (Wildman–Crippen LogP) is 3.80. The number of rotatable bonds is 2. The van der Waals surface area contributed by atoms with Gasteiger partial charge in [-0.25, -0.2) is 0 Å². The van der Waals surface area contributed by atoms with E-state index in [1.165, 1.54) is 17.8 Å². The highest BCUT2D eigenvalue weighted by Gasteiger charge is 2.29. The number of nitrogens with zero attached hydrogens (tertiary/aromatic N) is 2. The molecule has 1 unspecified atom stereocenters. The third-order valence-corrected chi connectivity index (χ3v) is 4.59. The van der Waals surface area contributed by atoms with E-state index in [1.54, 1.807) is 0 Å². The molecule has 5 heteroatoms. The Bertz CT molecular complexity index is 576. The highest BCUT2D eigenvalue weighted by molar-refractivity contribution is 7.12. The Labute approximate surface area is 122 Å². The summed E-state index contributed by atoms with van der Waals surface area (Å²) >= 11 is 1.50. The Morgan fingerprint density at radius 3 is 3.05 bits per heavy atom. The molecule has 0 radical (unpaired) electrons. The molecule has 1 amide bonds. The van der Waals surface area contributed by atoms with Crippen molar-refractivity contribution < 1.29 is 9.32 Å². The summed E-state index contributed by atoms with van der Waals surface area (Å²) in [6.07, 6.45) is 4.32. The second-order valence-electron chi connectivity index (χ2n) is 5.20. The lowest BCUT2D eigenvalue weighted by Crippen LogP contribution is -2.34. The molecule has 3 rings (SSSR count). The summed E-state index contributed by atoms with van der Waals surface area (Å²) in [6.45, 7) is 2.69. The Balaban J connectivity index is 1.89. The van der Waals surface area contributed by atoms with E-state index in [-0.39, 0.29) is 11.9 Å². The van der Waals surface area contributed by atoms with Crippen LogP contribution >= 0.6 is 11.3 Å². The van der Waals surface area contributed by atoms with Gasteiger partial charge in [0.1, 0.15) is 11.5 Å². The largest absolute Gasteiger partial charge is 0.361 e. The van der Waals surface area contributed by atoms with E-state index in [0.717, 1.165) is 42.1 Å². The third kappa shape index (κ3) is 2.63. The van der Waals surface area contributed by atoms with Gasteiger partial charge in [0.25, 0.3) is 5.91 Å². The van der Waals surface area contributed by atoms with Crippen LogP contribution in [0.15, 0.2) is 28.1 Å². The van der Waals surface area contributed by atoms with Gasteiger partial charge in [-0.3, -0.25) is 4.79 Å². The number of thiophene rings is 1. The van der Waals surface area contributed by atoms with Gasteiger partial charge in [0.2, 0.25) is 0 Å². The van der Waals surface area contributed by atoms with Gasteiger partial charge in [0.05, 0.1) is 10.9 Å². The fourth-order valence-corrected chi connectivity index (χ4v) is 3.42. The zero-order valence-electron chi connectivity index (χ0n) is 11.5. The SMILES string of the molecule is Cc1cc(C2CCCCCN2C(=O)c2cccs2)no1. The van der Waals surface area contributed by atoms with Gasteiger partial charge in [-0.15, -0.1) is 11.3 Å². The minimum atomic E-state index is 0.0459. The number of amides is 1. The van der Waals surface area contributed by atoms with Gasteiger partial charge in [0, 0.05) is 12.6 Å². The molecule has 0 saturated carbocycles. The van der Waals surface area contributed by atoms with Crippen LogP contribution in [0.4, 0.5) is 0 Å². The lowest BCUT2D eigenvalue weighted by molar-refractivity contribution is 0.0679. The van der Waals surface area contributed by atoms with Crippen molar-refractivity contribution >= 4 is 17.2 Å². The predicted molar refractivity (Wildman–Crippen MR) is 77.8 cm³/mol. The van der Waals surface area contributed by atoms with E-state index in [9.17, 15) is 4.79 Å². The molecule has 0 aliphatic carbocycles. The van der Waals surface area contributed by atoms with Crippen LogP contribution < -0.4 is 0 Å². The zero-order chi connectivity index (χ0) is 13.9. The number of hydrogen-bond donors (Lipinski definition) is 0. The number of aryl methyl sites for hydroxylation is 1. The first-order chi connectivity index (χ1) is 9.75. The number of carbonyl (C=O) groups excluding carboxylic acids is 1. The molecule has 1 saturated heterocycles. The van der Waals surface area contributed by atoms with Crippen LogP contribution in [0, 0.1) is 6.92 Å². The van der Waals surface area contributed by atoms with E-state index in [0.29, 0.717) is 0 Å². The second kappa shape index (κ2) is 5.79. The van der Waals surface area contributed by atoms with Gasteiger partial charge in [0.15, 0.2) is 0 Å². The molecule has 2 aromatic heterocycles. The first-order valence-corrected chi connectivity index (χ1v) is 7.91. The normalized spacial score (nSPS) is 19.9. The molecule has 0 bridgehead atoms. The molecule has 1 aliphatic rings. The van der Waals surface area contributed by atoms with E-state index in [4.69, 9.17) is 4.52 Å². The van der Waals surface area contributed by atoms with Crippen molar-refractivity contribution in [3.05, 3.63) is 39.9 Å². The van der Waals surface area contributed by atoms with Crippen molar-refractivity contribution in [2.45, 2.75) is 38.6 Å². The van der Waals surface area contributed by atoms with Crippen molar-refractivity contribution in [3.8, 4) is 0 Å². The topological polar surface area (TPSA) is 46.3 Å². The van der Waals surface area contributed by atoms with Crippen LogP contribution in [0.5, 0.6) is 0 Å². The van der Waals surface area contributed by atoms with Crippen molar-refractivity contribution in [2.24, 2.45) is 0 Å². The number of hydrogen-bond acceptors (Lipinski definition) is 4. The monoisotopic (exact) mass is 290 g/mol. The first kappa shape index (κ1) is 13.4. The number of carbonyl (C=O) groups is 1. The van der Waals surface area contributed by atoms with Crippen LogP contribution in [0.1, 0.15) is 52.9 Å². The molecule has 3 heterocycles. The number of likely N-dealkylation sites (tertiary alicyclic amines) is 1. The van der Waals surface area contributed by atoms with E-state index < -0.39 is 0 Å². The Morgan fingerprint density at radius 2 is 2.35 bits per heavy atom. The third-order valence-electron chi connectivity index (χ3n) is 3.73. The van der Waals surface area contributed by atoms with E-state index in [1.807, 2.05) is 35.4 Å². The second-order valence-corrected chi connectivity index (χ2v) is 6.15. The summed E-state index contributed by atoms with van der Waals surface area (Å²) in [6, 6.07) is 5.81. The van der Waals surface area contributed by atoms with Crippen molar-refractivity contribution in [1.82, 2.24) is 10.1 Å². The minimum Gasteiger partial charge on any atom is -0.361 e. The highest BCUT2D eigenvalue weighted by Crippen LogP contribution is 2.31. The average molecular weight is 290 g/mol. The standard InChI is InChI=1S/C15H18N2O2S/c1-11-10-12(16-19-11)13-6-3-2-4-8-17(13)15(18)14-7-5-9-20-14/h5,7,9-10,13H,2-4,6,8H2,1H3. The molecule has 1 aliphatic heterocycles. The van der Waals surface area contributed by atoms with Crippen LogP contribution in [0.25, 0.3) is 0 Å². The number of aromatic nitrogens is 1. The molecule has 2 aromatic rings. The molecule has 1 fully saturated rings. The first-order valence-electron chi connectivity index (χ1n) is 7.03. The molecule has 0 aromatic carbocycles. The lowest BCUT2D eigenvalue weighted by atomic mass is 10.1. The molecule has 106 valence electrons. The maximum atomic E-state index is 12.7. The fraction of sp³-hybridized carbons (Fsp3) is 0.467. The van der Waals surface area contributed by atoms with Crippen molar-refractivity contribution in [1.29, 1.82) is 0 Å². The highest BCUT2D eigenvalue weighted by atomic mass is 32.1. The van der Waals surface area contributed by atoms with Gasteiger partial charge in [-0.05, 0) is 31.2 Å². The molecular formula is C15H18N2O2S. The quantitative estimate of drug-likeness (QED) is 0.845. The summed E-state index contributed by atoms with van der Waals surface area (Å²) in [7, 11) is 0. The maximum Gasteiger partial charge on any atom is 0.264 e. The molecule has 1 atom stereocenters. The molecule has 4 nitrogen and oxygen atoms in total. The van der Waals surface area contributed by atoms with Gasteiger partial charge >= 0.3 is 0 Å². The Morgan fingerprint density at radius 1 is 1.45 bits per heavy atom. The van der Waals surface area contributed by atoms with Crippen molar-refractivity contribution in [3.63, 3.8) is 0 Å². The Hall–Kier alpha value is -1.62. The molecular weight excluding hydrogens is 272 g/mol. The smallest absolute Gasteiger partial charge is 0.264 e. The zero-order valence-corrected chi connectivity index (χ0v) is 12.4. The summed E-state index contributed by atoms with van der Waals surface area (Å²) in [5.74, 6) is 0.917. The molecule has 20 heavy (non-hydrogen) atoms. The van der Waals surface area contributed by atoms with Crippen molar-refractivity contribution in [2.75, 3.05) is 6.54 Å². The van der Waals surface area contributed by atoms with Crippen LogP contribution in [0.3, 0.4) is 0 Å². The maximum absolute atomic E-state index is 12.7. The van der Waals surface area contributed by atoms with Crippen LogP contribution in [-0.4, -0.2) is 22.5 Å². The van der Waals surface area contributed by atoms with Gasteiger partial charge in [-0.1, -0.05) is 24.1 Å². The van der Waals surface area contributed by atoms with E-state index in [2.05, 4.69) is 5.16 Å². The van der Waals surface area contributed by atoms with Gasteiger partial charge in [-0.2, -0.15) is 0 Å². The Kier molecular flexibility index (Phi) is 3.87. The summed E-state index contributed by atoms with van der Waals surface area (Å²) in [4.78, 5) is 15.5. The molecule has 0 N–H and O–H groups in total.